The Labute approximate surface area is 269 Å². The topological polar surface area (TPSA) is 128 Å². The first-order valence-corrected chi connectivity index (χ1v) is 14.6. The molecule has 0 aliphatic carbocycles. The molecule has 0 spiro atoms. The van der Waals surface area contributed by atoms with Crippen LogP contribution in [0, 0.1) is 11.9 Å². The Morgan fingerprint density at radius 2 is 1.20 bits per heavy atom. The molecule has 0 atom stereocenters. The number of fused-ring (bicyclic) bond motifs is 6. The maximum atomic E-state index is 12.9. The maximum Gasteiger partial charge on any atom is 0.490 e. The molecule has 10 nitrogen and oxygen atoms in total. The lowest BCUT2D eigenvalue weighted by molar-refractivity contribution is 0.425. The molecule has 228 valence electrons. The van der Waals surface area contributed by atoms with Crippen molar-refractivity contribution in [1.29, 1.82) is 0 Å². The highest BCUT2D eigenvalue weighted by atomic mass is 79.9. The van der Waals surface area contributed by atoms with Gasteiger partial charge in [0, 0.05) is 83.8 Å². The average molecular weight is 681 g/mol. The number of hydrogen-bond donors (Lipinski definition) is 2. The van der Waals surface area contributed by atoms with Gasteiger partial charge in [-0.05, 0) is 70.5 Å². The van der Waals surface area contributed by atoms with Gasteiger partial charge in [0.25, 0.3) is 0 Å². The van der Waals surface area contributed by atoms with Crippen molar-refractivity contribution < 1.29 is 18.8 Å². The van der Waals surface area contributed by atoms with Gasteiger partial charge in [-0.25, -0.2) is 19.9 Å². The summed E-state index contributed by atoms with van der Waals surface area (Å²) in [6.07, 6.45) is 9.86. The molecule has 0 radical (unpaired) electrons. The third kappa shape index (κ3) is 6.18. The van der Waals surface area contributed by atoms with E-state index in [1.165, 1.54) is 18.3 Å². The number of rotatable bonds is 2. The second kappa shape index (κ2) is 13.0. The van der Waals surface area contributed by atoms with Gasteiger partial charge in [-0.1, -0.05) is 6.07 Å². The summed E-state index contributed by atoms with van der Waals surface area (Å²) in [7, 11) is 2.42. The quantitative estimate of drug-likeness (QED) is 0.191. The Morgan fingerprint density at radius 3 is 1.74 bits per heavy atom. The molecule has 0 aromatic carbocycles. The van der Waals surface area contributed by atoms with Crippen molar-refractivity contribution in [2.75, 3.05) is 0 Å². The van der Waals surface area contributed by atoms with Gasteiger partial charge in [-0.3, -0.25) is 9.97 Å². The van der Waals surface area contributed by atoms with Crippen LogP contribution >= 0.6 is 15.9 Å². The zero-order chi connectivity index (χ0) is 32.4. The number of aryl methyl sites for hydroxylation is 2. The molecular weight excluding hydrogens is 657 g/mol. The van der Waals surface area contributed by atoms with Crippen LogP contribution in [0.15, 0.2) is 102 Å². The molecule has 2 N–H and O–H groups in total. The van der Waals surface area contributed by atoms with Gasteiger partial charge in [0.2, 0.25) is 11.9 Å². The van der Waals surface area contributed by atoms with Crippen LogP contribution < -0.4 is 5.46 Å². The van der Waals surface area contributed by atoms with Crippen LogP contribution in [0.25, 0.3) is 55.1 Å². The number of halogens is 3. The van der Waals surface area contributed by atoms with Gasteiger partial charge >= 0.3 is 7.12 Å². The van der Waals surface area contributed by atoms with Crippen molar-refractivity contribution in [3.05, 3.63) is 114 Å². The van der Waals surface area contributed by atoms with Crippen molar-refractivity contribution in [3.8, 4) is 11.3 Å². The standard InChI is InChI=1S/C16H11FN4.C11H8BrN3.C5H5BFNO2/c1-21-14-6-7-18-9-12(14)11-3-4-13(20-16(11)21)10-2-5-15(17)19-8-10;1-15-9-4-5-13-6-8(9)7-2-3-10(12)14-11(7)15;7-5-2-1-4(3-8-5)6(9)10/h2-9H,1H3;2-6H,1H3;1-3,9-10H. The zero-order valence-electron chi connectivity index (χ0n) is 24.4. The lowest BCUT2D eigenvalue weighted by Crippen LogP contribution is -2.30. The Morgan fingerprint density at radius 1 is 0.630 bits per heavy atom. The van der Waals surface area contributed by atoms with Gasteiger partial charge < -0.3 is 19.2 Å². The summed E-state index contributed by atoms with van der Waals surface area (Å²) >= 11 is 3.38. The second-order valence-electron chi connectivity index (χ2n) is 10.1. The summed E-state index contributed by atoms with van der Waals surface area (Å²) in [6.45, 7) is 0. The summed E-state index contributed by atoms with van der Waals surface area (Å²) in [6, 6.07) is 17.3. The predicted octanol–water partition coefficient (Wildman–Crippen LogP) is 5.11. The smallest absolute Gasteiger partial charge is 0.423 e. The third-order valence-electron chi connectivity index (χ3n) is 7.32. The van der Waals surface area contributed by atoms with E-state index in [0.717, 1.165) is 72.0 Å². The number of aromatic nitrogens is 8. The van der Waals surface area contributed by atoms with E-state index in [1.807, 2.05) is 61.4 Å². The predicted molar refractivity (Wildman–Crippen MR) is 177 cm³/mol. The highest BCUT2D eigenvalue weighted by Gasteiger charge is 2.12. The van der Waals surface area contributed by atoms with E-state index in [-0.39, 0.29) is 5.46 Å². The second-order valence-corrected chi connectivity index (χ2v) is 10.9. The minimum atomic E-state index is -1.58. The number of hydrogen-bond acceptors (Lipinski definition) is 8. The fourth-order valence-electron chi connectivity index (χ4n) is 5.04. The van der Waals surface area contributed by atoms with E-state index >= 15 is 0 Å². The minimum Gasteiger partial charge on any atom is -0.423 e. The third-order valence-corrected chi connectivity index (χ3v) is 7.76. The van der Waals surface area contributed by atoms with Crippen molar-refractivity contribution in [1.82, 2.24) is 39.0 Å². The molecular formula is C32H24BBrF2N8O2. The van der Waals surface area contributed by atoms with Crippen LogP contribution in [0.2, 0.25) is 0 Å². The minimum absolute atomic E-state index is 0.182. The lowest BCUT2D eigenvalue weighted by atomic mass is 9.82. The first kappa shape index (κ1) is 30.8. The molecule has 0 saturated carbocycles. The molecule has 8 aromatic rings. The van der Waals surface area contributed by atoms with Gasteiger partial charge in [0.05, 0.1) is 16.7 Å². The van der Waals surface area contributed by atoms with Crippen LogP contribution in [0.1, 0.15) is 0 Å². The van der Waals surface area contributed by atoms with Crippen molar-refractivity contribution in [2.45, 2.75) is 0 Å². The Balaban J connectivity index is 0.000000130. The van der Waals surface area contributed by atoms with E-state index < -0.39 is 19.0 Å². The molecule has 0 amide bonds. The fraction of sp³-hybridized carbons (Fsp3) is 0.0625. The molecule has 8 rings (SSSR count). The first-order valence-electron chi connectivity index (χ1n) is 13.8. The van der Waals surface area contributed by atoms with E-state index in [4.69, 9.17) is 10.0 Å². The van der Waals surface area contributed by atoms with E-state index in [9.17, 15) is 8.78 Å². The number of pyridine rings is 6. The molecule has 8 aromatic heterocycles. The molecule has 0 saturated heterocycles. The summed E-state index contributed by atoms with van der Waals surface area (Å²) < 4.78 is 30.0. The zero-order valence-corrected chi connectivity index (χ0v) is 26.0. The molecule has 0 unspecified atom stereocenters. The molecule has 0 fully saturated rings. The molecule has 0 aliphatic heterocycles. The number of nitrogens with zero attached hydrogens (tertiary/aromatic N) is 8. The van der Waals surface area contributed by atoms with Crippen LogP contribution in [0.5, 0.6) is 0 Å². The SMILES string of the molecule is Cn1c2ccncc2c2ccc(-c3ccc(F)nc3)nc21.Cn1c2ccncc2c2ccc(Br)nc21.OB(O)c1ccc(F)nc1. The fourth-order valence-corrected chi connectivity index (χ4v) is 5.34. The van der Waals surface area contributed by atoms with Crippen molar-refractivity contribution in [2.24, 2.45) is 14.1 Å². The van der Waals surface area contributed by atoms with E-state index in [2.05, 4.69) is 56.5 Å². The Kier molecular flexibility index (Phi) is 8.75. The van der Waals surface area contributed by atoms with Gasteiger partial charge in [0.15, 0.2) is 0 Å². The van der Waals surface area contributed by atoms with E-state index in [0.29, 0.717) is 0 Å². The summed E-state index contributed by atoms with van der Waals surface area (Å²) in [5, 5.41) is 21.4. The normalized spacial score (nSPS) is 10.9. The van der Waals surface area contributed by atoms with Gasteiger partial charge in [0.1, 0.15) is 15.9 Å². The summed E-state index contributed by atoms with van der Waals surface area (Å²) in [5.41, 5.74) is 5.84. The van der Waals surface area contributed by atoms with Gasteiger partial charge in [-0.15, -0.1) is 0 Å². The molecule has 0 bridgehead atoms. The van der Waals surface area contributed by atoms with Crippen molar-refractivity contribution in [3.63, 3.8) is 0 Å². The first-order chi connectivity index (χ1) is 22.2. The van der Waals surface area contributed by atoms with Crippen LogP contribution in [0.4, 0.5) is 8.78 Å². The molecule has 8 heterocycles. The maximum absolute atomic E-state index is 12.9. The van der Waals surface area contributed by atoms with Crippen LogP contribution in [-0.4, -0.2) is 56.2 Å². The summed E-state index contributed by atoms with van der Waals surface area (Å²) in [5.74, 6) is -1.13. The van der Waals surface area contributed by atoms with Crippen molar-refractivity contribution >= 4 is 72.4 Å². The Hall–Kier alpha value is -5.18. The largest absolute Gasteiger partial charge is 0.490 e. The molecule has 14 heteroatoms. The Bertz CT molecular complexity index is 2310. The summed E-state index contributed by atoms with van der Waals surface area (Å²) in [4.78, 5) is 24.4. The monoisotopic (exact) mass is 680 g/mol. The highest BCUT2D eigenvalue weighted by molar-refractivity contribution is 9.10. The van der Waals surface area contributed by atoms with Crippen LogP contribution in [0.3, 0.4) is 0 Å². The van der Waals surface area contributed by atoms with Crippen LogP contribution in [-0.2, 0) is 14.1 Å². The van der Waals surface area contributed by atoms with E-state index in [1.54, 1.807) is 18.5 Å². The molecule has 46 heavy (non-hydrogen) atoms. The molecule has 0 aliphatic rings. The van der Waals surface area contributed by atoms with Gasteiger partial charge in [-0.2, -0.15) is 8.78 Å². The average Bonchev–Trinajstić information content (AvgIpc) is 3.52. The lowest BCUT2D eigenvalue weighted by Gasteiger charge is -2.02. The highest BCUT2D eigenvalue weighted by Crippen LogP contribution is 2.29.